The molecule has 0 saturated carbocycles. The third-order valence-electron chi connectivity index (χ3n) is 4.62. The summed E-state index contributed by atoms with van der Waals surface area (Å²) in [6.45, 7) is 2.18. The van der Waals surface area contributed by atoms with Gasteiger partial charge in [0.25, 0.3) is 5.91 Å². The summed E-state index contributed by atoms with van der Waals surface area (Å²) < 4.78 is 1.98. The number of benzene rings is 1. The van der Waals surface area contributed by atoms with Crippen LogP contribution < -0.4 is 5.32 Å². The summed E-state index contributed by atoms with van der Waals surface area (Å²) in [4.78, 5) is 24.6. The van der Waals surface area contributed by atoms with Crippen LogP contribution in [0.15, 0.2) is 48.9 Å². The molecule has 0 bridgehead atoms. The zero-order chi connectivity index (χ0) is 17.9. The molecule has 1 N–H and O–H groups in total. The maximum Gasteiger partial charge on any atom is 0.266 e. The molecule has 134 valence electrons. The molecule has 2 aromatic heterocycles. The van der Waals surface area contributed by atoms with E-state index >= 15 is 0 Å². The Kier molecular flexibility index (Phi) is 4.81. The number of imidazole rings is 1. The van der Waals surface area contributed by atoms with Crippen molar-refractivity contribution in [3.63, 3.8) is 0 Å². The van der Waals surface area contributed by atoms with E-state index < -0.39 is 0 Å². The predicted octanol–water partition coefficient (Wildman–Crippen LogP) is 2.25. The first-order valence-corrected chi connectivity index (χ1v) is 9.51. The number of hydrogen-bond acceptors (Lipinski definition) is 5. The van der Waals surface area contributed by atoms with Crippen LogP contribution >= 0.6 is 11.3 Å². The minimum atomic E-state index is -0.0593. The van der Waals surface area contributed by atoms with Crippen molar-refractivity contribution in [3.05, 3.63) is 70.2 Å². The Morgan fingerprint density at radius 3 is 2.92 bits per heavy atom. The average Bonchev–Trinajstić information content (AvgIpc) is 3.31. The standard InChI is InChI=1S/C19H21N5OS/c1-23-9-8-21-18(23)15-12-20-7-10-24(15)19(25)16-13-22-17(26-16)11-14-5-3-2-4-6-14/h2-6,8-9,13,15,20H,7,10-12H2,1H3. The number of aryl methyl sites for hydroxylation is 1. The number of amides is 1. The topological polar surface area (TPSA) is 63.1 Å². The van der Waals surface area contributed by atoms with Gasteiger partial charge in [0.15, 0.2) is 0 Å². The van der Waals surface area contributed by atoms with Crippen molar-refractivity contribution in [2.75, 3.05) is 19.6 Å². The van der Waals surface area contributed by atoms with Crippen molar-refractivity contribution in [2.45, 2.75) is 12.5 Å². The van der Waals surface area contributed by atoms with Gasteiger partial charge in [0.05, 0.1) is 11.2 Å². The SMILES string of the molecule is Cn1ccnc1C1CNCCN1C(=O)c1cnc(Cc2ccccc2)s1. The van der Waals surface area contributed by atoms with Gasteiger partial charge in [-0.2, -0.15) is 0 Å². The molecule has 1 saturated heterocycles. The molecule has 0 radical (unpaired) electrons. The van der Waals surface area contributed by atoms with E-state index in [1.54, 1.807) is 12.4 Å². The largest absolute Gasteiger partial charge is 0.336 e. The van der Waals surface area contributed by atoms with Crippen molar-refractivity contribution in [2.24, 2.45) is 7.05 Å². The predicted molar refractivity (Wildman–Crippen MR) is 101 cm³/mol. The fraction of sp³-hybridized carbons (Fsp3) is 0.316. The minimum Gasteiger partial charge on any atom is -0.336 e. The van der Waals surface area contributed by atoms with Crippen molar-refractivity contribution in [1.29, 1.82) is 0 Å². The van der Waals surface area contributed by atoms with Crippen molar-refractivity contribution in [3.8, 4) is 0 Å². The first-order chi connectivity index (χ1) is 12.7. The molecule has 4 rings (SSSR count). The lowest BCUT2D eigenvalue weighted by Gasteiger charge is -2.35. The Labute approximate surface area is 156 Å². The van der Waals surface area contributed by atoms with Crippen LogP contribution in [0.1, 0.15) is 32.1 Å². The highest BCUT2D eigenvalue weighted by Crippen LogP contribution is 2.25. The van der Waals surface area contributed by atoms with E-state index in [0.29, 0.717) is 18.0 Å². The van der Waals surface area contributed by atoms with E-state index in [2.05, 4.69) is 27.4 Å². The molecule has 1 atom stereocenters. The number of piperazine rings is 1. The Hall–Kier alpha value is -2.51. The molecular weight excluding hydrogens is 346 g/mol. The highest BCUT2D eigenvalue weighted by atomic mass is 32.1. The number of rotatable bonds is 4. The number of hydrogen-bond donors (Lipinski definition) is 1. The second-order valence-electron chi connectivity index (χ2n) is 6.40. The molecule has 6 nitrogen and oxygen atoms in total. The Morgan fingerprint density at radius 2 is 2.15 bits per heavy atom. The van der Waals surface area contributed by atoms with E-state index in [1.165, 1.54) is 16.9 Å². The Morgan fingerprint density at radius 1 is 1.31 bits per heavy atom. The zero-order valence-electron chi connectivity index (χ0n) is 14.6. The summed E-state index contributed by atoms with van der Waals surface area (Å²) in [5.41, 5.74) is 1.20. The number of carbonyl (C=O) groups is 1. The zero-order valence-corrected chi connectivity index (χ0v) is 15.4. The van der Waals surface area contributed by atoms with Crippen LogP contribution in [0.25, 0.3) is 0 Å². The number of aromatic nitrogens is 3. The molecule has 1 aliphatic heterocycles. The lowest BCUT2D eigenvalue weighted by molar-refractivity contribution is 0.0625. The van der Waals surface area contributed by atoms with Gasteiger partial charge in [0.1, 0.15) is 16.7 Å². The Balaban J connectivity index is 1.53. The van der Waals surface area contributed by atoms with Crippen LogP contribution in [0.2, 0.25) is 0 Å². The van der Waals surface area contributed by atoms with Crippen LogP contribution in [0.4, 0.5) is 0 Å². The fourth-order valence-electron chi connectivity index (χ4n) is 3.28. The third kappa shape index (κ3) is 3.40. The second-order valence-corrected chi connectivity index (χ2v) is 7.51. The first-order valence-electron chi connectivity index (χ1n) is 8.70. The van der Waals surface area contributed by atoms with E-state index in [0.717, 1.165) is 23.8 Å². The molecule has 3 aromatic rings. The molecule has 1 aliphatic rings. The monoisotopic (exact) mass is 367 g/mol. The summed E-state index contributed by atoms with van der Waals surface area (Å²) in [5.74, 6) is 0.941. The average molecular weight is 367 g/mol. The fourth-order valence-corrected chi connectivity index (χ4v) is 4.19. The normalized spacial score (nSPS) is 17.4. The second kappa shape index (κ2) is 7.39. The third-order valence-corrected chi connectivity index (χ3v) is 5.61. The molecule has 1 aromatic carbocycles. The quantitative estimate of drug-likeness (QED) is 0.768. The summed E-state index contributed by atoms with van der Waals surface area (Å²) in [6.07, 6.45) is 6.15. The van der Waals surface area contributed by atoms with Crippen LogP contribution in [0, 0.1) is 0 Å². The van der Waals surface area contributed by atoms with Gasteiger partial charge in [-0.05, 0) is 5.56 Å². The molecule has 26 heavy (non-hydrogen) atoms. The van der Waals surface area contributed by atoms with Crippen LogP contribution in [-0.4, -0.2) is 45.0 Å². The van der Waals surface area contributed by atoms with Gasteiger partial charge in [-0.25, -0.2) is 9.97 Å². The molecule has 7 heteroatoms. The summed E-state index contributed by atoms with van der Waals surface area (Å²) in [7, 11) is 1.96. The maximum absolute atomic E-state index is 13.1. The van der Waals surface area contributed by atoms with Gasteiger partial charge in [-0.3, -0.25) is 4.79 Å². The Bertz CT molecular complexity index is 888. The lowest BCUT2D eigenvalue weighted by Crippen LogP contribution is -2.49. The molecule has 1 fully saturated rings. The van der Waals surface area contributed by atoms with Crippen molar-refractivity contribution >= 4 is 17.2 Å². The smallest absolute Gasteiger partial charge is 0.266 e. The van der Waals surface area contributed by atoms with Crippen molar-refractivity contribution in [1.82, 2.24) is 24.8 Å². The number of carbonyl (C=O) groups excluding carboxylic acids is 1. The van der Waals surface area contributed by atoms with E-state index in [9.17, 15) is 4.79 Å². The molecular formula is C19H21N5OS. The van der Waals surface area contributed by atoms with Crippen LogP contribution in [0.5, 0.6) is 0 Å². The van der Waals surface area contributed by atoms with Gasteiger partial charge in [0.2, 0.25) is 0 Å². The summed E-state index contributed by atoms with van der Waals surface area (Å²) >= 11 is 1.48. The van der Waals surface area contributed by atoms with Crippen LogP contribution in [-0.2, 0) is 13.5 Å². The molecule has 0 aliphatic carbocycles. The molecule has 0 spiro atoms. The number of thiazole rings is 1. The maximum atomic E-state index is 13.1. The lowest BCUT2D eigenvalue weighted by atomic mass is 10.1. The number of nitrogens with one attached hydrogen (secondary N) is 1. The van der Waals surface area contributed by atoms with Crippen LogP contribution in [0.3, 0.4) is 0 Å². The van der Waals surface area contributed by atoms with Gasteiger partial charge < -0.3 is 14.8 Å². The highest BCUT2D eigenvalue weighted by Gasteiger charge is 2.31. The summed E-state index contributed by atoms with van der Waals surface area (Å²) in [6, 6.07) is 10.1. The minimum absolute atomic E-state index is 0.0383. The highest BCUT2D eigenvalue weighted by molar-refractivity contribution is 7.13. The van der Waals surface area contributed by atoms with E-state index in [4.69, 9.17) is 0 Å². The van der Waals surface area contributed by atoms with Crippen molar-refractivity contribution < 1.29 is 4.79 Å². The van der Waals surface area contributed by atoms with Gasteiger partial charge >= 0.3 is 0 Å². The molecule has 1 unspecified atom stereocenters. The summed E-state index contributed by atoms with van der Waals surface area (Å²) in [5, 5.41) is 4.33. The van der Waals surface area contributed by atoms with Gasteiger partial charge in [-0.15, -0.1) is 11.3 Å². The van der Waals surface area contributed by atoms with Gasteiger partial charge in [0, 0.05) is 45.5 Å². The van der Waals surface area contributed by atoms with E-state index in [1.807, 2.05) is 40.9 Å². The molecule has 1 amide bonds. The first kappa shape index (κ1) is 16.9. The molecule has 3 heterocycles. The van der Waals surface area contributed by atoms with E-state index in [-0.39, 0.29) is 11.9 Å². The van der Waals surface area contributed by atoms with Gasteiger partial charge in [-0.1, -0.05) is 30.3 Å². The number of nitrogens with zero attached hydrogens (tertiary/aromatic N) is 4.